The molecule has 182 valence electrons. The summed E-state index contributed by atoms with van der Waals surface area (Å²) in [6.07, 6.45) is 0.535. The largest absolute Gasteiger partial charge is 0.465 e. The van der Waals surface area contributed by atoms with Gasteiger partial charge in [-0.15, -0.1) is 0 Å². The Hall–Kier alpha value is -3.49. The van der Waals surface area contributed by atoms with Crippen molar-refractivity contribution >= 4 is 23.6 Å². The van der Waals surface area contributed by atoms with Gasteiger partial charge in [0.05, 0.1) is 11.4 Å². The molecule has 9 heteroatoms. The van der Waals surface area contributed by atoms with Crippen molar-refractivity contribution in [3.05, 3.63) is 59.7 Å². The van der Waals surface area contributed by atoms with Crippen LogP contribution in [-0.2, 0) is 22.4 Å². The minimum Gasteiger partial charge on any atom is -0.465 e. The maximum atomic E-state index is 14.4. The molecular weight excluding hydrogens is 439 g/mol. The highest BCUT2D eigenvalue weighted by Crippen LogP contribution is 2.28. The van der Waals surface area contributed by atoms with E-state index < -0.39 is 35.4 Å². The van der Waals surface area contributed by atoms with E-state index in [-0.39, 0.29) is 25.2 Å². The minimum atomic E-state index is -1.20. The third-order valence-corrected chi connectivity index (χ3v) is 6.21. The molecule has 3 rings (SSSR count). The van der Waals surface area contributed by atoms with E-state index in [0.717, 1.165) is 0 Å². The van der Waals surface area contributed by atoms with Crippen LogP contribution in [0.25, 0.3) is 0 Å². The minimum absolute atomic E-state index is 0.0265. The van der Waals surface area contributed by atoms with E-state index in [1.54, 1.807) is 64.3 Å². The number of nitrogens with zero attached hydrogens (tertiary/aromatic N) is 4. The second kappa shape index (κ2) is 9.79. The molecule has 0 saturated heterocycles. The normalized spacial score (nSPS) is 16.6. The van der Waals surface area contributed by atoms with Gasteiger partial charge in [-0.3, -0.25) is 19.5 Å². The standard InChI is InChI=1S/C25H31FN4O4/c1-25(2,3)30(24(33)34)17(13-16-9-6-7-10-18(16)26)14-22(31)28(4)21-15-19-20(11-8-12-27-19)29(5)23(21)32/h6-12,17,21H,13-15H2,1-5H3,(H,33,34)/t17-,21?/m1/s1. The Labute approximate surface area is 199 Å². The molecule has 8 nitrogen and oxygen atoms in total. The zero-order valence-electron chi connectivity index (χ0n) is 20.2. The van der Waals surface area contributed by atoms with Crippen LogP contribution in [0, 0.1) is 5.82 Å². The van der Waals surface area contributed by atoms with Crippen LogP contribution < -0.4 is 4.90 Å². The molecule has 1 unspecified atom stereocenters. The zero-order valence-corrected chi connectivity index (χ0v) is 20.2. The molecule has 0 fully saturated rings. The molecule has 3 amide bonds. The quantitative estimate of drug-likeness (QED) is 0.699. The number of halogens is 1. The molecule has 0 radical (unpaired) electrons. The number of carboxylic acid groups (broad SMARTS) is 1. The second-order valence-corrected chi connectivity index (χ2v) is 9.57. The van der Waals surface area contributed by atoms with Crippen LogP contribution >= 0.6 is 0 Å². The maximum absolute atomic E-state index is 14.4. The first-order valence-corrected chi connectivity index (χ1v) is 11.1. The lowest BCUT2D eigenvalue weighted by Crippen LogP contribution is -2.56. The van der Waals surface area contributed by atoms with Gasteiger partial charge in [0.25, 0.3) is 0 Å². The van der Waals surface area contributed by atoms with Crippen molar-refractivity contribution in [1.29, 1.82) is 0 Å². The third kappa shape index (κ3) is 5.18. The number of amides is 3. The number of anilines is 1. The average Bonchev–Trinajstić information content (AvgIpc) is 2.76. The summed E-state index contributed by atoms with van der Waals surface area (Å²) in [5, 5.41) is 9.95. The molecule has 1 aromatic carbocycles. The topological polar surface area (TPSA) is 94.1 Å². The summed E-state index contributed by atoms with van der Waals surface area (Å²) in [6, 6.07) is 8.09. The van der Waals surface area contributed by atoms with Gasteiger partial charge in [-0.1, -0.05) is 18.2 Å². The summed E-state index contributed by atoms with van der Waals surface area (Å²) in [6.45, 7) is 5.18. The molecule has 0 bridgehead atoms. The van der Waals surface area contributed by atoms with E-state index in [9.17, 15) is 23.9 Å². The van der Waals surface area contributed by atoms with E-state index in [1.807, 2.05) is 0 Å². The van der Waals surface area contributed by atoms with E-state index in [4.69, 9.17) is 0 Å². The van der Waals surface area contributed by atoms with Gasteiger partial charge in [0.1, 0.15) is 11.9 Å². The number of pyridine rings is 1. The van der Waals surface area contributed by atoms with Gasteiger partial charge in [-0.2, -0.15) is 0 Å². The molecule has 1 aromatic heterocycles. The van der Waals surface area contributed by atoms with E-state index in [0.29, 0.717) is 16.9 Å². The Morgan fingerprint density at radius 3 is 2.53 bits per heavy atom. The van der Waals surface area contributed by atoms with E-state index in [2.05, 4.69) is 4.98 Å². The predicted octanol–water partition coefficient (Wildman–Crippen LogP) is 3.35. The number of fused-ring (bicyclic) bond motifs is 1. The van der Waals surface area contributed by atoms with Crippen LogP contribution in [0.4, 0.5) is 14.9 Å². The van der Waals surface area contributed by atoms with Crippen LogP contribution in [0.3, 0.4) is 0 Å². The van der Waals surface area contributed by atoms with Crippen molar-refractivity contribution in [3.63, 3.8) is 0 Å². The lowest BCUT2D eigenvalue weighted by atomic mass is 9.95. The van der Waals surface area contributed by atoms with Gasteiger partial charge in [0.15, 0.2) is 0 Å². The van der Waals surface area contributed by atoms with Crippen LogP contribution in [0.1, 0.15) is 38.4 Å². The zero-order chi connectivity index (χ0) is 25.2. The summed E-state index contributed by atoms with van der Waals surface area (Å²) in [4.78, 5) is 46.9. The molecule has 1 aliphatic rings. The van der Waals surface area contributed by atoms with Crippen molar-refractivity contribution in [2.24, 2.45) is 0 Å². The molecule has 2 aromatic rings. The van der Waals surface area contributed by atoms with Crippen molar-refractivity contribution in [1.82, 2.24) is 14.8 Å². The van der Waals surface area contributed by atoms with Gasteiger partial charge in [-0.05, 0) is 51.0 Å². The third-order valence-electron chi connectivity index (χ3n) is 6.21. The van der Waals surface area contributed by atoms with Crippen LogP contribution in [0.2, 0.25) is 0 Å². The second-order valence-electron chi connectivity index (χ2n) is 9.57. The summed E-state index contributed by atoms with van der Waals surface area (Å²) >= 11 is 0. The lowest BCUT2D eigenvalue weighted by molar-refractivity contribution is -0.139. The van der Waals surface area contributed by atoms with Gasteiger partial charge in [0, 0.05) is 44.7 Å². The van der Waals surface area contributed by atoms with E-state index in [1.165, 1.54) is 27.8 Å². The highest BCUT2D eigenvalue weighted by Gasteiger charge is 2.39. The number of aromatic nitrogens is 1. The first-order valence-electron chi connectivity index (χ1n) is 11.1. The number of likely N-dealkylation sites (N-methyl/N-ethyl adjacent to an activating group) is 2. The first-order chi connectivity index (χ1) is 15.9. The fraction of sp³-hybridized carbons (Fsp3) is 0.440. The molecule has 1 aliphatic heterocycles. The number of rotatable bonds is 6. The van der Waals surface area contributed by atoms with Gasteiger partial charge >= 0.3 is 6.09 Å². The Kier molecular flexibility index (Phi) is 7.24. The molecule has 0 saturated carbocycles. The average molecular weight is 471 g/mol. The van der Waals surface area contributed by atoms with Crippen molar-refractivity contribution in [3.8, 4) is 0 Å². The van der Waals surface area contributed by atoms with Gasteiger partial charge in [-0.25, -0.2) is 9.18 Å². The molecule has 0 spiro atoms. The Balaban J connectivity index is 1.88. The molecule has 2 heterocycles. The molecule has 34 heavy (non-hydrogen) atoms. The lowest BCUT2D eigenvalue weighted by Gasteiger charge is -2.41. The predicted molar refractivity (Wildman–Crippen MR) is 126 cm³/mol. The first kappa shape index (κ1) is 25.1. The Morgan fingerprint density at radius 1 is 1.24 bits per heavy atom. The van der Waals surface area contributed by atoms with E-state index >= 15 is 0 Å². The summed E-state index contributed by atoms with van der Waals surface area (Å²) in [5.41, 5.74) is 0.903. The number of benzene rings is 1. The molecular formula is C25H31FN4O4. The summed E-state index contributed by atoms with van der Waals surface area (Å²) < 4.78 is 14.4. The van der Waals surface area contributed by atoms with Gasteiger partial charge in [0.2, 0.25) is 11.8 Å². The van der Waals surface area contributed by atoms with Crippen molar-refractivity contribution in [2.75, 3.05) is 19.0 Å². The van der Waals surface area contributed by atoms with Crippen LogP contribution in [0.5, 0.6) is 0 Å². The smallest absolute Gasteiger partial charge is 0.408 e. The number of hydrogen-bond donors (Lipinski definition) is 1. The molecule has 0 aliphatic carbocycles. The van der Waals surface area contributed by atoms with Crippen molar-refractivity contribution in [2.45, 2.75) is 57.7 Å². The number of hydrogen-bond acceptors (Lipinski definition) is 4. The van der Waals surface area contributed by atoms with Crippen LogP contribution in [-0.4, -0.2) is 69.5 Å². The molecule has 1 N–H and O–H groups in total. The fourth-order valence-electron chi connectivity index (χ4n) is 4.49. The summed E-state index contributed by atoms with van der Waals surface area (Å²) in [5.74, 6) is -1.10. The highest BCUT2D eigenvalue weighted by atomic mass is 19.1. The SMILES string of the molecule is CN1C(=O)C(N(C)C(=O)C[C@@H](Cc2ccccc2F)N(C(=O)O)C(C)(C)C)Cc2ncccc21. The number of carbonyl (C=O) groups excluding carboxylic acids is 2. The van der Waals surface area contributed by atoms with Crippen molar-refractivity contribution < 1.29 is 23.9 Å². The Bertz CT molecular complexity index is 1080. The monoisotopic (exact) mass is 470 g/mol. The van der Waals surface area contributed by atoms with Crippen LogP contribution in [0.15, 0.2) is 42.6 Å². The number of carbonyl (C=O) groups is 3. The molecule has 2 atom stereocenters. The fourth-order valence-corrected chi connectivity index (χ4v) is 4.49. The highest BCUT2D eigenvalue weighted by molar-refractivity contribution is 6.01. The Morgan fingerprint density at radius 2 is 1.91 bits per heavy atom. The van der Waals surface area contributed by atoms with Gasteiger partial charge < -0.3 is 14.9 Å². The summed E-state index contributed by atoms with van der Waals surface area (Å²) in [7, 11) is 3.18. The maximum Gasteiger partial charge on any atom is 0.408 e.